The van der Waals surface area contributed by atoms with Gasteiger partial charge in [0.2, 0.25) is 0 Å². The average Bonchev–Trinajstić information content (AvgIpc) is 2.65. The van der Waals surface area contributed by atoms with Gasteiger partial charge in [0.05, 0.1) is 12.7 Å². The van der Waals surface area contributed by atoms with Gasteiger partial charge in [0.15, 0.2) is 0 Å². The maximum Gasteiger partial charge on any atom is 0.0784 e. The Morgan fingerprint density at radius 3 is 3.21 bits per heavy atom. The van der Waals surface area contributed by atoms with Crippen molar-refractivity contribution < 1.29 is 4.74 Å². The van der Waals surface area contributed by atoms with Gasteiger partial charge in [-0.05, 0) is 18.1 Å². The summed E-state index contributed by atoms with van der Waals surface area (Å²) >= 11 is 0. The van der Waals surface area contributed by atoms with E-state index in [2.05, 4.69) is 30.4 Å². The van der Waals surface area contributed by atoms with Gasteiger partial charge in [0.25, 0.3) is 0 Å². The molecule has 0 amide bonds. The standard InChI is InChI=1S/C12H15NO/c1-8-2-3-9-7-14-12-6-13-5-11(12)10(9)4-8/h2-4,11-13H,5-7H2,1H3/t11-,12-/m0/s1. The summed E-state index contributed by atoms with van der Waals surface area (Å²) in [5.41, 5.74) is 4.24. The minimum atomic E-state index is 0.407. The number of fused-ring (bicyclic) bond motifs is 3. The van der Waals surface area contributed by atoms with E-state index in [9.17, 15) is 0 Å². The Kier molecular flexibility index (Phi) is 1.85. The van der Waals surface area contributed by atoms with Crippen molar-refractivity contribution in [2.45, 2.75) is 25.6 Å². The number of benzene rings is 1. The number of hydrogen-bond acceptors (Lipinski definition) is 2. The Labute approximate surface area is 84.3 Å². The van der Waals surface area contributed by atoms with E-state index in [4.69, 9.17) is 4.74 Å². The van der Waals surface area contributed by atoms with Crippen molar-refractivity contribution >= 4 is 0 Å². The second-order valence-electron chi connectivity index (χ2n) is 4.32. The predicted octanol–water partition coefficient (Wildman–Crippen LogP) is 1.58. The largest absolute Gasteiger partial charge is 0.372 e. The minimum Gasteiger partial charge on any atom is -0.372 e. The summed E-state index contributed by atoms with van der Waals surface area (Å²) in [5, 5.41) is 3.40. The van der Waals surface area contributed by atoms with Gasteiger partial charge >= 0.3 is 0 Å². The Morgan fingerprint density at radius 1 is 1.36 bits per heavy atom. The topological polar surface area (TPSA) is 21.3 Å². The zero-order valence-corrected chi connectivity index (χ0v) is 8.42. The lowest BCUT2D eigenvalue weighted by atomic mass is 9.88. The quantitative estimate of drug-likeness (QED) is 0.669. The zero-order valence-electron chi connectivity index (χ0n) is 8.42. The third-order valence-corrected chi connectivity index (χ3v) is 3.31. The summed E-state index contributed by atoms with van der Waals surface area (Å²) in [6.45, 7) is 5.03. The van der Waals surface area contributed by atoms with Gasteiger partial charge in [-0.3, -0.25) is 0 Å². The van der Waals surface area contributed by atoms with Crippen LogP contribution in [0.25, 0.3) is 0 Å². The zero-order chi connectivity index (χ0) is 9.54. The van der Waals surface area contributed by atoms with Gasteiger partial charge in [-0.1, -0.05) is 23.8 Å². The first kappa shape index (κ1) is 8.45. The van der Waals surface area contributed by atoms with Crippen molar-refractivity contribution in [3.63, 3.8) is 0 Å². The van der Waals surface area contributed by atoms with Crippen LogP contribution < -0.4 is 5.32 Å². The predicted molar refractivity (Wildman–Crippen MR) is 55.4 cm³/mol. The summed E-state index contributed by atoms with van der Waals surface area (Å²) < 4.78 is 5.81. The Bertz CT molecular complexity index is 361. The van der Waals surface area contributed by atoms with Crippen LogP contribution in [0.1, 0.15) is 22.6 Å². The minimum absolute atomic E-state index is 0.407. The molecule has 0 aliphatic carbocycles. The fourth-order valence-corrected chi connectivity index (χ4v) is 2.53. The number of ether oxygens (including phenoxy) is 1. The molecule has 1 aromatic carbocycles. The highest BCUT2D eigenvalue weighted by molar-refractivity contribution is 5.37. The Morgan fingerprint density at radius 2 is 2.29 bits per heavy atom. The third kappa shape index (κ3) is 1.18. The van der Waals surface area contributed by atoms with Crippen LogP contribution in [-0.4, -0.2) is 19.2 Å². The lowest BCUT2D eigenvalue weighted by Crippen LogP contribution is -2.26. The smallest absolute Gasteiger partial charge is 0.0784 e. The van der Waals surface area contributed by atoms with E-state index >= 15 is 0 Å². The van der Waals surface area contributed by atoms with Gasteiger partial charge < -0.3 is 10.1 Å². The molecule has 3 rings (SSSR count). The van der Waals surface area contributed by atoms with Gasteiger partial charge in [-0.15, -0.1) is 0 Å². The Balaban J connectivity index is 2.07. The molecular formula is C12H15NO. The third-order valence-electron chi connectivity index (χ3n) is 3.31. The van der Waals surface area contributed by atoms with Crippen molar-refractivity contribution in [1.82, 2.24) is 5.32 Å². The average molecular weight is 189 g/mol. The monoisotopic (exact) mass is 189 g/mol. The van der Waals surface area contributed by atoms with E-state index < -0.39 is 0 Å². The van der Waals surface area contributed by atoms with Gasteiger partial charge in [0.1, 0.15) is 0 Å². The van der Waals surface area contributed by atoms with Crippen molar-refractivity contribution in [3.05, 3.63) is 34.9 Å². The molecule has 0 unspecified atom stereocenters. The normalized spacial score (nSPS) is 29.8. The van der Waals surface area contributed by atoms with E-state index in [1.165, 1.54) is 16.7 Å². The first-order valence-electron chi connectivity index (χ1n) is 5.26. The molecule has 2 aliphatic rings. The van der Waals surface area contributed by atoms with E-state index in [1.54, 1.807) is 0 Å². The molecular weight excluding hydrogens is 174 g/mol. The molecule has 0 radical (unpaired) electrons. The van der Waals surface area contributed by atoms with E-state index in [0.29, 0.717) is 12.0 Å². The molecule has 0 aromatic heterocycles. The fourth-order valence-electron chi connectivity index (χ4n) is 2.53. The molecule has 0 bridgehead atoms. The molecule has 0 saturated carbocycles. The molecule has 14 heavy (non-hydrogen) atoms. The highest BCUT2D eigenvalue weighted by Crippen LogP contribution is 2.33. The molecule has 1 fully saturated rings. The molecule has 2 aliphatic heterocycles. The van der Waals surface area contributed by atoms with Gasteiger partial charge in [-0.25, -0.2) is 0 Å². The number of rotatable bonds is 0. The highest BCUT2D eigenvalue weighted by Gasteiger charge is 2.33. The molecule has 0 spiro atoms. The highest BCUT2D eigenvalue weighted by atomic mass is 16.5. The van der Waals surface area contributed by atoms with Crippen LogP contribution in [0.3, 0.4) is 0 Å². The van der Waals surface area contributed by atoms with E-state index in [1.807, 2.05) is 0 Å². The first-order valence-corrected chi connectivity index (χ1v) is 5.26. The van der Waals surface area contributed by atoms with E-state index in [-0.39, 0.29) is 0 Å². The van der Waals surface area contributed by atoms with Gasteiger partial charge in [0, 0.05) is 19.0 Å². The summed E-state index contributed by atoms with van der Waals surface area (Å²) in [6.07, 6.45) is 0.407. The van der Waals surface area contributed by atoms with Crippen LogP contribution in [0.2, 0.25) is 0 Å². The molecule has 2 heteroatoms. The lowest BCUT2D eigenvalue weighted by Gasteiger charge is -2.28. The van der Waals surface area contributed by atoms with Crippen molar-refractivity contribution in [2.75, 3.05) is 13.1 Å². The van der Waals surface area contributed by atoms with E-state index in [0.717, 1.165) is 19.7 Å². The molecule has 2 atom stereocenters. The van der Waals surface area contributed by atoms with Crippen LogP contribution in [0.4, 0.5) is 0 Å². The summed E-state index contributed by atoms with van der Waals surface area (Å²) in [6, 6.07) is 6.70. The first-order chi connectivity index (χ1) is 6.84. The van der Waals surface area contributed by atoms with Crippen molar-refractivity contribution in [1.29, 1.82) is 0 Å². The van der Waals surface area contributed by atoms with Crippen LogP contribution in [0.15, 0.2) is 18.2 Å². The Hall–Kier alpha value is -0.860. The SMILES string of the molecule is Cc1ccc2c(c1)[C@@H]1CNC[C@@H]1OC2. The molecule has 2 heterocycles. The van der Waals surface area contributed by atoms with Crippen molar-refractivity contribution in [3.8, 4) is 0 Å². The molecule has 2 nitrogen and oxygen atoms in total. The second-order valence-corrected chi connectivity index (χ2v) is 4.32. The maximum atomic E-state index is 5.81. The summed E-state index contributed by atoms with van der Waals surface area (Å²) in [4.78, 5) is 0. The number of nitrogens with one attached hydrogen (secondary N) is 1. The summed E-state index contributed by atoms with van der Waals surface area (Å²) in [5.74, 6) is 0.582. The van der Waals surface area contributed by atoms with Crippen LogP contribution >= 0.6 is 0 Å². The van der Waals surface area contributed by atoms with Gasteiger partial charge in [-0.2, -0.15) is 0 Å². The fraction of sp³-hybridized carbons (Fsp3) is 0.500. The lowest BCUT2D eigenvalue weighted by molar-refractivity contribution is 0.0299. The number of aryl methyl sites for hydroxylation is 1. The second kappa shape index (κ2) is 3.07. The molecule has 1 aromatic rings. The van der Waals surface area contributed by atoms with Crippen molar-refractivity contribution in [2.24, 2.45) is 0 Å². The summed E-state index contributed by atoms with van der Waals surface area (Å²) in [7, 11) is 0. The maximum absolute atomic E-state index is 5.81. The van der Waals surface area contributed by atoms with Crippen LogP contribution in [0.5, 0.6) is 0 Å². The van der Waals surface area contributed by atoms with Crippen LogP contribution in [-0.2, 0) is 11.3 Å². The molecule has 74 valence electrons. The van der Waals surface area contributed by atoms with Crippen LogP contribution in [0, 0.1) is 6.92 Å². The number of hydrogen-bond donors (Lipinski definition) is 1. The molecule has 1 saturated heterocycles. The molecule has 1 N–H and O–H groups in total.